The van der Waals surface area contributed by atoms with E-state index in [2.05, 4.69) is 20.9 Å². The molecule has 0 fully saturated rings. The number of anilines is 1. The monoisotopic (exact) mass is 370 g/mol. The van der Waals surface area contributed by atoms with Crippen molar-refractivity contribution < 1.29 is 9.53 Å². The number of benzene rings is 2. The van der Waals surface area contributed by atoms with Crippen LogP contribution in [0, 0.1) is 0 Å². The van der Waals surface area contributed by atoms with E-state index in [1.165, 1.54) is 0 Å². The Bertz CT molecular complexity index is 808. The normalized spacial score (nSPS) is 15.5. The van der Waals surface area contributed by atoms with Crippen molar-refractivity contribution in [3.05, 3.63) is 69.8 Å². The molecule has 2 aromatic rings. The Kier molecular flexibility index (Phi) is 4.30. The van der Waals surface area contributed by atoms with Crippen LogP contribution in [-0.2, 0) is 9.53 Å². The molecule has 1 heterocycles. The summed E-state index contributed by atoms with van der Waals surface area (Å²) in [7, 11) is 3.97. The highest BCUT2D eigenvalue weighted by molar-refractivity contribution is 9.10. The molecular formula is C18H15BrN2O2. The maximum Gasteiger partial charge on any atom is 0.363 e. The van der Waals surface area contributed by atoms with Crippen molar-refractivity contribution in [2.75, 3.05) is 19.0 Å². The molecule has 0 aromatic heterocycles. The fourth-order valence-electron chi connectivity index (χ4n) is 2.18. The van der Waals surface area contributed by atoms with Gasteiger partial charge in [0.15, 0.2) is 5.70 Å². The van der Waals surface area contributed by atoms with Gasteiger partial charge in [-0.25, -0.2) is 9.79 Å². The van der Waals surface area contributed by atoms with Crippen LogP contribution in [0.15, 0.2) is 63.7 Å². The third kappa shape index (κ3) is 3.51. The van der Waals surface area contributed by atoms with Crippen molar-refractivity contribution in [2.45, 2.75) is 0 Å². The lowest BCUT2D eigenvalue weighted by molar-refractivity contribution is -0.129. The first-order valence-electron chi connectivity index (χ1n) is 7.09. The molecule has 116 valence electrons. The molecule has 0 radical (unpaired) electrons. The van der Waals surface area contributed by atoms with Crippen LogP contribution in [-0.4, -0.2) is 26.0 Å². The van der Waals surface area contributed by atoms with Crippen molar-refractivity contribution in [3.63, 3.8) is 0 Å². The van der Waals surface area contributed by atoms with Gasteiger partial charge >= 0.3 is 5.97 Å². The van der Waals surface area contributed by atoms with Gasteiger partial charge in [0.2, 0.25) is 5.90 Å². The molecule has 0 unspecified atom stereocenters. The van der Waals surface area contributed by atoms with Crippen LogP contribution in [0.1, 0.15) is 11.1 Å². The summed E-state index contributed by atoms with van der Waals surface area (Å²) >= 11 is 3.40. The highest BCUT2D eigenvalue weighted by Crippen LogP contribution is 2.22. The summed E-state index contributed by atoms with van der Waals surface area (Å²) < 4.78 is 6.17. The number of hydrogen-bond acceptors (Lipinski definition) is 4. The number of hydrogen-bond donors (Lipinski definition) is 0. The Hall–Kier alpha value is -2.40. The first kappa shape index (κ1) is 15.5. The molecule has 1 aliphatic rings. The molecule has 0 amide bonds. The minimum atomic E-state index is -0.434. The minimum Gasteiger partial charge on any atom is -0.402 e. The topological polar surface area (TPSA) is 41.9 Å². The largest absolute Gasteiger partial charge is 0.402 e. The summed E-state index contributed by atoms with van der Waals surface area (Å²) in [5, 5.41) is 0. The molecule has 5 heteroatoms. The van der Waals surface area contributed by atoms with Crippen molar-refractivity contribution in [1.29, 1.82) is 0 Å². The van der Waals surface area contributed by atoms with Crippen LogP contribution in [0.25, 0.3) is 6.08 Å². The average Bonchev–Trinajstić information content (AvgIpc) is 2.89. The summed E-state index contributed by atoms with van der Waals surface area (Å²) in [6, 6.07) is 15.4. The van der Waals surface area contributed by atoms with Crippen LogP contribution >= 0.6 is 15.9 Å². The third-order valence-electron chi connectivity index (χ3n) is 3.40. The van der Waals surface area contributed by atoms with E-state index in [1.54, 1.807) is 6.08 Å². The van der Waals surface area contributed by atoms with Gasteiger partial charge in [-0.15, -0.1) is 0 Å². The predicted molar refractivity (Wildman–Crippen MR) is 95.5 cm³/mol. The highest BCUT2D eigenvalue weighted by atomic mass is 79.9. The van der Waals surface area contributed by atoms with E-state index >= 15 is 0 Å². The number of esters is 1. The SMILES string of the molecule is CN(C)c1ccc(/C=C2/N=C(c3cccc(Br)c3)OC2=O)cc1. The standard InChI is InChI=1S/C18H15BrN2O2/c1-21(2)15-8-6-12(7-9-15)10-16-18(22)23-17(20-16)13-4-3-5-14(19)11-13/h3-11H,1-2H3/b16-10+. The number of carbonyl (C=O) groups excluding carboxylic acids is 1. The van der Waals surface area contributed by atoms with E-state index in [-0.39, 0.29) is 0 Å². The summed E-state index contributed by atoms with van der Waals surface area (Å²) in [6.45, 7) is 0. The molecule has 23 heavy (non-hydrogen) atoms. The number of nitrogens with zero attached hydrogens (tertiary/aromatic N) is 2. The summed E-state index contributed by atoms with van der Waals surface area (Å²) in [5.74, 6) is -0.107. The van der Waals surface area contributed by atoms with Gasteiger partial charge in [-0.2, -0.15) is 0 Å². The number of rotatable bonds is 3. The molecule has 0 atom stereocenters. The number of halogens is 1. The Balaban J connectivity index is 1.88. The first-order chi connectivity index (χ1) is 11.0. The van der Waals surface area contributed by atoms with Crippen LogP contribution in [0.4, 0.5) is 5.69 Å². The van der Waals surface area contributed by atoms with Gasteiger partial charge in [-0.3, -0.25) is 0 Å². The Morgan fingerprint density at radius 3 is 2.52 bits per heavy atom. The molecule has 0 N–H and O–H groups in total. The minimum absolute atomic E-state index is 0.303. The lowest BCUT2D eigenvalue weighted by atomic mass is 10.1. The van der Waals surface area contributed by atoms with Gasteiger partial charge in [0.25, 0.3) is 0 Å². The lowest BCUT2D eigenvalue weighted by Crippen LogP contribution is -2.08. The van der Waals surface area contributed by atoms with Gasteiger partial charge in [0, 0.05) is 29.8 Å². The summed E-state index contributed by atoms with van der Waals surface area (Å²) in [4.78, 5) is 18.3. The van der Waals surface area contributed by atoms with Gasteiger partial charge in [-0.1, -0.05) is 34.1 Å². The van der Waals surface area contributed by atoms with Crippen molar-refractivity contribution in [3.8, 4) is 0 Å². The number of cyclic esters (lactones) is 1. The van der Waals surface area contributed by atoms with Crippen molar-refractivity contribution in [1.82, 2.24) is 0 Å². The lowest BCUT2D eigenvalue weighted by Gasteiger charge is -2.11. The van der Waals surface area contributed by atoms with Gasteiger partial charge in [-0.05, 0) is 42.0 Å². The van der Waals surface area contributed by atoms with E-state index in [0.29, 0.717) is 11.6 Å². The average molecular weight is 371 g/mol. The van der Waals surface area contributed by atoms with Gasteiger partial charge < -0.3 is 9.64 Å². The smallest absolute Gasteiger partial charge is 0.363 e. The molecule has 2 aromatic carbocycles. The molecule has 3 rings (SSSR count). The molecule has 0 spiro atoms. The van der Waals surface area contributed by atoms with E-state index in [4.69, 9.17) is 4.74 Å². The zero-order valence-electron chi connectivity index (χ0n) is 12.8. The summed E-state index contributed by atoms with van der Waals surface area (Å²) in [6.07, 6.45) is 1.73. The maximum atomic E-state index is 12.0. The zero-order valence-corrected chi connectivity index (χ0v) is 14.4. The highest BCUT2D eigenvalue weighted by Gasteiger charge is 2.24. The Morgan fingerprint density at radius 2 is 1.87 bits per heavy atom. The second-order valence-corrected chi connectivity index (χ2v) is 6.25. The first-order valence-corrected chi connectivity index (χ1v) is 7.88. The van der Waals surface area contributed by atoms with E-state index in [0.717, 1.165) is 21.3 Å². The fourth-order valence-corrected chi connectivity index (χ4v) is 2.58. The quantitative estimate of drug-likeness (QED) is 0.608. The molecule has 0 saturated heterocycles. The Labute approximate surface area is 143 Å². The van der Waals surface area contributed by atoms with E-state index < -0.39 is 5.97 Å². The molecule has 0 aliphatic carbocycles. The van der Waals surface area contributed by atoms with Crippen LogP contribution in [0.5, 0.6) is 0 Å². The van der Waals surface area contributed by atoms with Crippen molar-refractivity contribution >= 4 is 39.6 Å². The second-order valence-electron chi connectivity index (χ2n) is 5.33. The van der Waals surface area contributed by atoms with E-state index in [9.17, 15) is 4.79 Å². The van der Waals surface area contributed by atoms with Crippen LogP contribution in [0.2, 0.25) is 0 Å². The fraction of sp³-hybridized carbons (Fsp3) is 0.111. The molecular weight excluding hydrogens is 356 g/mol. The molecule has 0 saturated carbocycles. The Morgan fingerprint density at radius 1 is 1.13 bits per heavy atom. The van der Waals surface area contributed by atoms with E-state index in [1.807, 2.05) is 67.5 Å². The maximum absolute atomic E-state index is 12.0. The van der Waals surface area contributed by atoms with Gasteiger partial charge in [0.05, 0.1) is 0 Å². The molecule has 4 nitrogen and oxygen atoms in total. The third-order valence-corrected chi connectivity index (χ3v) is 3.90. The van der Waals surface area contributed by atoms with Crippen LogP contribution in [0.3, 0.4) is 0 Å². The number of aliphatic imine (C=N–C) groups is 1. The van der Waals surface area contributed by atoms with Crippen LogP contribution < -0.4 is 4.90 Å². The number of ether oxygens (including phenoxy) is 1. The second kappa shape index (κ2) is 6.38. The molecule has 0 bridgehead atoms. The summed E-state index contributed by atoms with van der Waals surface area (Å²) in [5.41, 5.74) is 3.07. The van der Waals surface area contributed by atoms with Crippen molar-refractivity contribution in [2.24, 2.45) is 4.99 Å². The molecule has 1 aliphatic heterocycles. The number of carbonyl (C=O) groups is 1. The predicted octanol–water partition coefficient (Wildman–Crippen LogP) is 3.86. The van der Waals surface area contributed by atoms with Gasteiger partial charge in [0.1, 0.15) is 0 Å². The zero-order chi connectivity index (χ0) is 16.4.